The van der Waals surface area contributed by atoms with Crippen molar-refractivity contribution in [2.45, 2.75) is 6.04 Å². The third-order valence-electron chi connectivity index (χ3n) is 3.32. The summed E-state index contributed by atoms with van der Waals surface area (Å²) in [5.74, 6) is -0.258. The molecule has 1 atom stereocenters. The fourth-order valence-corrected chi connectivity index (χ4v) is 3.94. The second-order valence-electron chi connectivity index (χ2n) is 4.66. The monoisotopic (exact) mass is 330 g/mol. The Morgan fingerprint density at radius 2 is 2.27 bits per heavy atom. The lowest BCUT2D eigenvalue weighted by molar-refractivity contribution is 0.0702. The predicted molar refractivity (Wildman–Crippen MR) is 85.4 cm³/mol. The molecule has 8 heteroatoms. The van der Waals surface area contributed by atoms with E-state index in [9.17, 15) is 4.79 Å². The highest BCUT2D eigenvalue weighted by Gasteiger charge is 2.24. The second-order valence-corrected chi connectivity index (χ2v) is 6.73. The number of thiophene rings is 2. The number of carbonyl (C=O) groups is 1. The molecule has 1 aliphatic heterocycles. The van der Waals surface area contributed by atoms with Gasteiger partial charge >= 0.3 is 5.97 Å². The first-order chi connectivity index (χ1) is 10.7. The lowest BCUT2D eigenvalue weighted by Gasteiger charge is -2.22. The van der Waals surface area contributed by atoms with Crippen molar-refractivity contribution in [1.29, 1.82) is 0 Å². The minimum atomic E-state index is -0.911. The summed E-state index contributed by atoms with van der Waals surface area (Å²) in [5.41, 5.74) is 0.858. The van der Waals surface area contributed by atoms with Crippen molar-refractivity contribution in [2.24, 2.45) is 0 Å². The summed E-state index contributed by atoms with van der Waals surface area (Å²) < 4.78 is 1.82. The highest BCUT2D eigenvalue weighted by Crippen LogP contribution is 2.35. The van der Waals surface area contributed by atoms with Gasteiger partial charge in [-0.05, 0) is 29.7 Å². The fraction of sp³-hybridized carbons (Fsp3) is 0.0714. The molecule has 3 aromatic heterocycles. The molecule has 3 aromatic rings. The van der Waals surface area contributed by atoms with Crippen molar-refractivity contribution >= 4 is 40.3 Å². The SMILES string of the molecule is O=C(O)c1ccc(C2=C[C@H](c3cccs3)n3ncnc3N2)s1. The fourth-order valence-electron chi connectivity index (χ4n) is 2.34. The molecule has 2 N–H and O–H groups in total. The number of aromatic nitrogens is 3. The van der Waals surface area contributed by atoms with Crippen molar-refractivity contribution < 1.29 is 9.90 Å². The topological polar surface area (TPSA) is 80.0 Å². The Kier molecular flexibility index (Phi) is 3.05. The van der Waals surface area contributed by atoms with Crippen LogP contribution < -0.4 is 5.32 Å². The Bertz CT molecular complexity index is 863. The first-order valence-corrected chi connectivity index (χ1v) is 8.17. The van der Waals surface area contributed by atoms with Gasteiger partial charge in [0.25, 0.3) is 0 Å². The average molecular weight is 330 g/mol. The maximum atomic E-state index is 11.1. The first-order valence-electron chi connectivity index (χ1n) is 6.47. The van der Waals surface area contributed by atoms with Crippen LogP contribution in [0.25, 0.3) is 5.70 Å². The summed E-state index contributed by atoms with van der Waals surface area (Å²) in [7, 11) is 0. The molecule has 0 saturated heterocycles. The van der Waals surface area contributed by atoms with Gasteiger partial charge in [-0.15, -0.1) is 22.7 Å². The second kappa shape index (κ2) is 5.08. The van der Waals surface area contributed by atoms with Crippen LogP contribution in [-0.2, 0) is 0 Å². The van der Waals surface area contributed by atoms with Crippen LogP contribution in [0.15, 0.2) is 42.0 Å². The van der Waals surface area contributed by atoms with Crippen LogP contribution in [0.5, 0.6) is 0 Å². The van der Waals surface area contributed by atoms with E-state index in [-0.39, 0.29) is 6.04 Å². The van der Waals surface area contributed by atoms with Gasteiger partial charge < -0.3 is 10.4 Å². The summed E-state index contributed by atoms with van der Waals surface area (Å²) in [6.07, 6.45) is 3.56. The van der Waals surface area contributed by atoms with Gasteiger partial charge in [-0.2, -0.15) is 10.1 Å². The number of allylic oxidation sites excluding steroid dienone is 1. The predicted octanol–water partition coefficient (Wildman–Crippen LogP) is 3.16. The zero-order valence-corrected chi connectivity index (χ0v) is 12.8. The van der Waals surface area contributed by atoms with Crippen LogP contribution >= 0.6 is 22.7 Å². The molecule has 6 nitrogen and oxygen atoms in total. The van der Waals surface area contributed by atoms with Crippen molar-refractivity contribution in [1.82, 2.24) is 14.8 Å². The van der Waals surface area contributed by atoms with Gasteiger partial charge in [0.15, 0.2) is 0 Å². The zero-order chi connectivity index (χ0) is 15.1. The number of rotatable bonds is 3. The van der Waals surface area contributed by atoms with Gasteiger partial charge in [0.2, 0.25) is 5.95 Å². The maximum Gasteiger partial charge on any atom is 0.345 e. The van der Waals surface area contributed by atoms with Gasteiger partial charge in [-0.25, -0.2) is 9.48 Å². The van der Waals surface area contributed by atoms with E-state index < -0.39 is 5.97 Å². The largest absolute Gasteiger partial charge is 0.477 e. The molecule has 0 spiro atoms. The molecule has 0 bridgehead atoms. The zero-order valence-electron chi connectivity index (χ0n) is 11.1. The molecule has 0 amide bonds. The number of carboxylic acids is 1. The molecule has 0 radical (unpaired) electrons. The molecule has 110 valence electrons. The van der Waals surface area contributed by atoms with E-state index >= 15 is 0 Å². The van der Waals surface area contributed by atoms with Gasteiger partial charge in [-0.3, -0.25) is 0 Å². The molecule has 0 aromatic carbocycles. The van der Waals surface area contributed by atoms with Crippen LogP contribution in [0.2, 0.25) is 0 Å². The lowest BCUT2D eigenvalue weighted by Crippen LogP contribution is -2.19. The Morgan fingerprint density at radius 3 is 3.00 bits per heavy atom. The van der Waals surface area contributed by atoms with Crippen molar-refractivity contribution in [3.05, 3.63) is 56.7 Å². The first kappa shape index (κ1) is 13.2. The number of nitrogens with one attached hydrogen (secondary N) is 1. The highest BCUT2D eigenvalue weighted by molar-refractivity contribution is 7.15. The summed E-state index contributed by atoms with van der Waals surface area (Å²) in [5, 5.41) is 18.6. The molecule has 0 fully saturated rings. The van der Waals surface area contributed by atoms with E-state index in [0.717, 1.165) is 15.5 Å². The molecule has 4 heterocycles. The molecule has 0 saturated carbocycles. The highest BCUT2D eigenvalue weighted by atomic mass is 32.1. The minimum absolute atomic E-state index is 0.0378. The smallest absolute Gasteiger partial charge is 0.345 e. The lowest BCUT2D eigenvalue weighted by atomic mass is 10.1. The number of hydrogen-bond donors (Lipinski definition) is 2. The molecular formula is C14H10N4O2S2. The minimum Gasteiger partial charge on any atom is -0.477 e. The average Bonchev–Trinajstić information content (AvgIpc) is 3.25. The molecule has 22 heavy (non-hydrogen) atoms. The van der Waals surface area contributed by atoms with E-state index in [1.165, 1.54) is 17.7 Å². The third-order valence-corrected chi connectivity index (χ3v) is 5.37. The van der Waals surface area contributed by atoms with Crippen molar-refractivity contribution in [3.63, 3.8) is 0 Å². The van der Waals surface area contributed by atoms with Gasteiger partial charge in [0, 0.05) is 4.88 Å². The molecule has 0 aliphatic carbocycles. The Balaban J connectivity index is 1.78. The van der Waals surface area contributed by atoms with Crippen LogP contribution in [0.4, 0.5) is 5.95 Å². The van der Waals surface area contributed by atoms with Crippen LogP contribution in [0.3, 0.4) is 0 Å². The summed E-state index contributed by atoms with van der Waals surface area (Å²) in [6, 6.07) is 7.44. The quantitative estimate of drug-likeness (QED) is 0.771. The van der Waals surface area contributed by atoms with Gasteiger partial charge in [-0.1, -0.05) is 6.07 Å². The van der Waals surface area contributed by atoms with Crippen LogP contribution in [0, 0.1) is 0 Å². The number of fused-ring (bicyclic) bond motifs is 1. The van der Waals surface area contributed by atoms with E-state index in [1.54, 1.807) is 17.4 Å². The summed E-state index contributed by atoms with van der Waals surface area (Å²) in [6.45, 7) is 0. The molecule has 4 rings (SSSR count). The normalized spacial score (nSPS) is 16.7. The van der Waals surface area contributed by atoms with Gasteiger partial charge in [0.1, 0.15) is 17.2 Å². The summed E-state index contributed by atoms with van der Waals surface area (Å²) in [4.78, 5) is 17.6. The molecule has 1 aliphatic rings. The van der Waals surface area contributed by atoms with Crippen molar-refractivity contribution in [2.75, 3.05) is 5.32 Å². The standard InChI is InChI=1S/C14H10N4O2S2/c19-13(20)12-4-3-10(22-12)8-6-9(11-2-1-5-21-11)18-14(17-8)15-7-16-18/h1-7,9H,(H,19,20)(H,15,16,17)/t9-/m1/s1. The van der Waals surface area contributed by atoms with E-state index in [0.29, 0.717) is 10.8 Å². The van der Waals surface area contributed by atoms with Crippen LogP contribution in [-0.4, -0.2) is 25.8 Å². The molecular weight excluding hydrogens is 320 g/mol. The number of aromatic carboxylic acids is 1. The van der Waals surface area contributed by atoms with E-state index in [4.69, 9.17) is 5.11 Å². The number of hydrogen-bond acceptors (Lipinski definition) is 6. The van der Waals surface area contributed by atoms with Crippen molar-refractivity contribution in [3.8, 4) is 0 Å². The summed E-state index contributed by atoms with van der Waals surface area (Å²) >= 11 is 2.89. The Hall–Kier alpha value is -2.45. The molecule has 0 unspecified atom stereocenters. The third kappa shape index (κ3) is 2.13. The Labute approximate surface area is 133 Å². The van der Waals surface area contributed by atoms with E-state index in [2.05, 4.69) is 21.5 Å². The van der Waals surface area contributed by atoms with E-state index in [1.807, 2.05) is 28.3 Å². The van der Waals surface area contributed by atoms with Crippen LogP contribution in [0.1, 0.15) is 25.5 Å². The number of anilines is 1. The number of nitrogens with zero attached hydrogens (tertiary/aromatic N) is 3. The van der Waals surface area contributed by atoms with Gasteiger partial charge in [0.05, 0.1) is 10.6 Å². The maximum absolute atomic E-state index is 11.1. The Morgan fingerprint density at radius 1 is 1.36 bits per heavy atom. The number of carboxylic acid groups (broad SMARTS) is 1.